The van der Waals surface area contributed by atoms with E-state index in [1.165, 1.54) is 11.5 Å². The van der Waals surface area contributed by atoms with Crippen LogP contribution in [0.2, 0.25) is 0 Å². The van der Waals surface area contributed by atoms with E-state index in [2.05, 4.69) is 19.2 Å². The number of hydrogen-bond acceptors (Lipinski definition) is 7. The van der Waals surface area contributed by atoms with Crippen molar-refractivity contribution in [3.63, 3.8) is 0 Å². The predicted octanol–water partition coefficient (Wildman–Crippen LogP) is 2.60. The van der Waals surface area contributed by atoms with Gasteiger partial charge in [0.05, 0.1) is 20.3 Å². The summed E-state index contributed by atoms with van der Waals surface area (Å²) in [5, 5.41) is 0. The third kappa shape index (κ3) is 2.62. The lowest BCUT2D eigenvalue weighted by Crippen LogP contribution is -2.36. The summed E-state index contributed by atoms with van der Waals surface area (Å²) in [4.78, 5) is 11.2. The van der Waals surface area contributed by atoms with Crippen LogP contribution in [0.25, 0.3) is 21.5 Å². The maximum absolute atomic E-state index is 5.42. The van der Waals surface area contributed by atoms with Crippen LogP contribution in [-0.2, 0) is 4.74 Å². The van der Waals surface area contributed by atoms with E-state index in [-0.39, 0.29) is 0 Å². The molecule has 7 heteroatoms. The summed E-state index contributed by atoms with van der Waals surface area (Å²) in [5.74, 6) is 1.78. The average molecular weight is 328 g/mol. The summed E-state index contributed by atoms with van der Waals surface area (Å²) < 4.78 is 16.3. The lowest BCUT2D eigenvalue weighted by Gasteiger charge is -2.27. The molecular formula is C16H16N4O2S. The number of rotatable bonds is 3. The molecule has 0 aliphatic carbocycles. The van der Waals surface area contributed by atoms with E-state index in [0.717, 1.165) is 59.3 Å². The van der Waals surface area contributed by atoms with Crippen LogP contribution in [0.15, 0.2) is 30.6 Å². The van der Waals surface area contributed by atoms with Crippen LogP contribution in [0, 0.1) is 0 Å². The molecule has 3 heterocycles. The number of morpholine rings is 1. The van der Waals surface area contributed by atoms with Crippen LogP contribution < -0.4 is 9.64 Å². The largest absolute Gasteiger partial charge is 0.497 e. The summed E-state index contributed by atoms with van der Waals surface area (Å²) in [5.41, 5.74) is 2.82. The smallest absolute Gasteiger partial charge is 0.151 e. The average Bonchev–Trinajstić information content (AvgIpc) is 3.06. The molecule has 4 rings (SSSR count). The quantitative estimate of drug-likeness (QED) is 0.736. The molecule has 1 saturated heterocycles. The van der Waals surface area contributed by atoms with Gasteiger partial charge in [-0.2, -0.15) is 4.37 Å². The van der Waals surface area contributed by atoms with E-state index in [4.69, 9.17) is 9.47 Å². The highest BCUT2D eigenvalue weighted by molar-refractivity contribution is 7.14. The van der Waals surface area contributed by atoms with E-state index < -0.39 is 0 Å². The van der Waals surface area contributed by atoms with Crippen molar-refractivity contribution in [2.45, 2.75) is 0 Å². The van der Waals surface area contributed by atoms with Crippen LogP contribution in [-0.4, -0.2) is 47.8 Å². The Hall–Kier alpha value is -2.25. The maximum atomic E-state index is 5.42. The summed E-state index contributed by atoms with van der Waals surface area (Å²) in [6.45, 7) is 3.16. The number of benzene rings is 1. The molecule has 6 nitrogen and oxygen atoms in total. The fourth-order valence-corrected chi connectivity index (χ4v) is 3.56. The van der Waals surface area contributed by atoms with E-state index >= 15 is 0 Å². The Bertz CT molecular complexity index is 813. The summed E-state index contributed by atoms with van der Waals surface area (Å²) in [7, 11) is 1.66. The monoisotopic (exact) mass is 328 g/mol. The maximum Gasteiger partial charge on any atom is 0.151 e. The standard InChI is InChI=1S/C16H16N4O2S/c1-21-12-4-2-11(3-5-12)13-14-15(23-19-13)16(18-10-17-14)20-6-8-22-9-7-20/h2-5,10H,6-9H2,1H3. The van der Waals surface area contributed by atoms with Gasteiger partial charge >= 0.3 is 0 Å². The van der Waals surface area contributed by atoms with Crippen molar-refractivity contribution in [2.75, 3.05) is 38.3 Å². The molecule has 23 heavy (non-hydrogen) atoms. The first-order valence-corrected chi connectivity index (χ1v) is 8.21. The number of aromatic nitrogens is 3. The van der Waals surface area contributed by atoms with E-state index in [1.807, 2.05) is 24.3 Å². The number of methoxy groups -OCH3 is 1. The summed E-state index contributed by atoms with van der Waals surface area (Å²) in [6, 6.07) is 7.88. The van der Waals surface area contributed by atoms with Crippen molar-refractivity contribution in [3.05, 3.63) is 30.6 Å². The first kappa shape index (κ1) is 14.3. The Labute approximate surface area is 137 Å². The molecule has 1 aliphatic heterocycles. The van der Waals surface area contributed by atoms with E-state index in [1.54, 1.807) is 13.4 Å². The fraction of sp³-hybridized carbons (Fsp3) is 0.312. The Kier molecular flexibility index (Phi) is 3.80. The van der Waals surface area contributed by atoms with Crippen molar-refractivity contribution in [1.29, 1.82) is 0 Å². The van der Waals surface area contributed by atoms with Crippen LogP contribution in [0.1, 0.15) is 0 Å². The predicted molar refractivity (Wildman–Crippen MR) is 90.2 cm³/mol. The molecule has 3 aromatic rings. The van der Waals surface area contributed by atoms with Gasteiger partial charge in [0.15, 0.2) is 5.82 Å². The van der Waals surface area contributed by atoms with Crippen LogP contribution in [0.3, 0.4) is 0 Å². The third-order valence-electron chi connectivity index (χ3n) is 3.91. The van der Waals surface area contributed by atoms with Crippen LogP contribution >= 0.6 is 11.5 Å². The number of nitrogens with zero attached hydrogens (tertiary/aromatic N) is 4. The first-order valence-electron chi connectivity index (χ1n) is 7.44. The minimum atomic E-state index is 0.732. The molecule has 0 bridgehead atoms. The second-order valence-electron chi connectivity index (χ2n) is 5.23. The molecule has 0 atom stereocenters. The zero-order valence-corrected chi connectivity index (χ0v) is 13.5. The zero-order chi connectivity index (χ0) is 15.6. The Morgan fingerprint density at radius 1 is 1.13 bits per heavy atom. The number of ether oxygens (including phenoxy) is 2. The Morgan fingerprint density at radius 3 is 2.65 bits per heavy atom. The lowest BCUT2D eigenvalue weighted by atomic mass is 10.1. The molecule has 1 aromatic carbocycles. The Morgan fingerprint density at radius 2 is 1.91 bits per heavy atom. The van der Waals surface area contributed by atoms with Gasteiger partial charge in [-0.25, -0.2) is 9.97 Å². The highest BCUT2D eigenvalue weighted by Crippen LogP contribution is 2.34. The van der Waals surface area contributed by atoms with E-state index in [0.29, 0.717) is 0 Å². The molecule has 0 N–H and O–H groups in total. The van der Waals surface area contributed by atoms with Gasteiger partial charge in [-0.3, -0.25) is 0 Å². The summed E-state index contributed by atoms with van der Waals surface area (Å²) in [6.07, 6.45) is 1.62. The lowest BCUT2D eigenvalue weighted by molar-refractivity contribution is 0.122. The molecule has 1 fully saturated rings. The molecule has 0 amide bonds. The topological polar surface area (TPSA) is 60.4 Å². The normalized spacial score (nSPS) is 15.1. The van der Waals surface area contributed by atoms with Crippen LogP contribution in [0.4, 0.5) is 5.82 Å². The fourth-order valence-electron chi connectivity index (χ4n) is 2.69. The molecule has 0 radical (unpaired) electrons. The van der Waals surface area contributed by atoms with E-state index in [9.17, 15) is 0 Å². The molecular weight excluding hydrogens is 312 g/mol. The van der Waals surface area contributed by atoms with Crippen molar-refractivity contribution < 1.29 is 9.47 Å². The van der Waals surface area contributed by atoms with Gasteiger partial charge in [0.1, 0.15) is 28.0 Å². The Balaban J connectivity index is 1.77. The first-order chi connectivity index (χ1) is 11.4. The molecule has 0 spiro atoms. The van der Waals surface area contributed by atoms with Gasteiger partial charge in [0.25, 0.3) is 0 Å². The SMILES string of the molecule is COc1ccc(-c2nsc3c(N4CCOCC4)ncnc23)cc1. The number of hydrogen-bond donors (Lipinski definition) is 0. The second kappa shape index (κ2) is 6.10. The van der Waals surface area contributed by atoms with Crippen molar-refractivity contribution in [3.8, 4) is 17.0 Å². The number of fused-ring (bicyclic) bond motifs is 1. The molecule has 1 aliphatic rings. The van der Waals surface area contributed by atoms with Gasteiger partial charge in [-0.15, -0.1) is 0 Å². The van der Waals surface area contributed by atoms with Gasteiger partial charge in [-0.1, -0.05) is 0 Å². The van der Waals surface area contributed by atoms with Crippen molar-refractivity contribution in [2.24, 2.45) is 0 Å². The number of anilines is 1. The molecule has 0 unspecified atom stereocenters. The molecule has 0 saturated carbocycles. The van der Waals surface area contributed by atoms with Gasteiger partial charge in [0, 0.05) is 18.7 Å². The molecule has 118 valence electrons. The minimum absolute atomic E-state index is 0.732. The molecule has 2 aromatic heterocycles. The highest BCUT2D eigenvalue weighted by Gasteiger charge is 2.19. The third-order valence-corrected chi connectivity index (χ3v) is 4.74. The van der Waals surface area contributed by atoms with Gasteiger partial charge in [-0.05, 0) is 35.8 Å². The summed E-state index contributed by atoms with van der Waals surface area (Å²) >= 11 is 1.45. The zero-order valence-electron chi connectivity index (χ0n) is 12.7. The highest BCUT2D eigenvalue weighted by atomic mass is 32.1. The van der Waals surface area contributed by atoms with Crippen molar-refractivity contribution >= 4 is 27.6 Å². The van der Waals surface area contributed by atoms with Crippen molar-refractivity contribution in [1.82, 2.24) is 14.3 Å². The second-order valence-corrected chi connectivity index (χ2v) is 6.01. The van der Waals surface area contributed by atoms with Crippen LogP contribution in [0.5, 0.6) is 5.75 Å². The minimum Gasteiger partial charge on any atom is -0.497 e. The van der Waals surface area contributed by atoms with Gasteiger partial charge < -0.3 is 14.4 Å². The van der Waals surface area contributed by atoms with Gasteiger partial charge in [0.2, 0.25) is 0 Å².